The van der Waals surface area contributed by atoms with Crippen molar-refractivity contribution in [1.82, 2.24) is 5.32 Å². The number of ether oxygens (including phenoxy) is 1. The lowest BCUT2D eigenvalue weighted by Gasteiger charge is -2.18. The van der Waals surface area contributed by atoms with Crippen LogP contribution in [-0.4, -0.2) is 36.1 Å². The molecule has 0 fully saturated rings. The van der Waals surface area contributed by atoms with Gasteiger partial charge in [-0.1, -0.05) is 37.3 Å². The summed E-state index contributed by atoms with van der Waals surface area (Å²) < 4.78 is 4.85. The molecule has 2 amide bonds. The maximum Gasteiger partial charge on any atom is 0.329 e. The number of hydrogen-bond donors (Lipinski definition) is 3. The minimum absolute atomic E-state index is 0.220. The molecule has 7 nitrogen and oxygen atoms in total. The Hall–Kier alpha value is -2.71. The number of hydrogen-bond acceptors (Lipinski definition) is 5. The predicted molar refractivity (Wildman–Crippen MR) is 110 cm³/mol. The minimum atomic E-state index is -1.14. The zero-order valence-corrected chi connectivity index (χ0v) is 17.0. The van der Waals surface area contributed by atoms with Crippen LogP contribution in [0.25, 0.3) is 0 Å². The Morgan fingerprint density at radius 2 is 1.97 bits per heavy atom. The number of nitrogens with one attached hydrogen (secondary N) is 2. The van der Waals surface area contributed by atoms with Crippen molar-refractivity contribution in [1.29, 1.82) is 0 Å². The maximum atomic E-state index is 13.0. The van der Waals surface area contributed by atoms with Crippen molar-refractivity contribution < 1.29 is 24.2 Å². The Morgan fingerprint density at radius 3 is 2.69 bits per heavy atom. The molecule has 1 aromatic carbocycles. The highest BCUT2D eigenvalue weighted by Crippen LogP contribution is 2.39. The molecule has 1 aliphatic rings. The van der Waals surface area contributed by atoms with E-state index in [-0.39, 0.29) is 12.5 Å². The average molecular weight is 416 g/mol. The zero-order chi connectivity index (χ0) is 20.8. The van der Waals surface area contributed by atoms with E-state index >= 15 is 0 Å². The zero-order valence-electron chi connectivity index (χ0n) is 16.2. The quantitative estimate of drug-likeness (QED) is 0.614. The Balaban J connectivity index is 1.75. The normalized spacial score (nSPS) is 15.4. The van der Waals surface area contributed by atoms with E-state index in [1.807, 2.05) is 30.3 Å². The molecule has 1 aliphatic carbocycles. The van der Waals surface area contributed by atoms with Gasteiger partial charge in [-0.05, 0) is 36.3 Å². The molecule has 154 valence electrons. The van der Waals surface area contributed by atoms with Gasteiger partial charge in [-0.25, -0.2) is 4.79 Å². The van der Waals surface area contributed by atoms with Gasteiger partial charge in [0.15, 0.2) is 0 Å². The number of carbonyl (C=O) groups excluding carboxylic acids is 2. The first-order valence-corrected chi connectivity index (χ1v) is 10.3. The number of thiophene rings is 1. The van der Waals surface area contributed by atoms with E-state index in [0.29, 0.717) is 23.0 Å². The van der Waals surface area contributed by atoms with Crippen molar-refractivity contribution in [2.24, 2.45) is 5.92 Å². The van der Waals surface area contributed by atoms with Crippen LogP contribution in [0.15, 0.2) is 30.3 Å². The number of aliphatic carboxylic acids is 1. The fourth-order valence-corrected chi connectivity index (χ4v) is 4.76. The first-order valence-electron chi connectivity index (χ1n) is 9.50. The van der Waals surface area contributed by atoms with E-state index < -0.39 is 18.5 Å². The third-order valence-electron chi connectivity index (χ3n) is 4.75. The van der Waals surface area contributed by atoms with Gasteiger partial charge in [-0.3, -0.25) is 9.59 Å². The van der Waals surface area contributed by atoms with Gasteiger partial charge in [0.25, 0.3) is 11.8 Å². The number of carboxylic acid groups (broad SMARTS) is 1. The minimum Gasteiger partial charge on any atom is -0.480 e. The van der Waals surface area contributed by atoms with E-state index in [1.165, 1.54) is 11.3 Å². The summed E-state index contributed by atoms with van der Waals surface area (Å²) in [6, 6.07) is 9.62. The molecule has 0 spiro atoms. The van der Waals surface area contributed by atoms with Crippen LogP contribution >= 0.6 is 11.3 Å². The predicted octanol–water partition coefficient (Wildman–Crippen LogP) is 2.84. The second kappa shape index (κ2) is 9.67. The van der Waals surface area contributed by atoms with Crippen LogP contribution in [-0.2, 0) is 33.7 Å². The third-order valence-corrected chi connectivity index (χ3v) is 5.92. The van der Waals surface area contributed by atoms with Gasteiger partial charge in [-0.15, -0.1) is 11.3 Å². The summed E-state index contributed by atoms with van der Waals surface area (Å²) in [4.78, 5) is 36.8. The topological polar surface area (TPSA) is 105 Å². The largest absolute Gasteiger partial charge is 0.480 e. The molecule has 8 heteroatoms. The lowest BCUT2D eigenvalue weighted by Crippen LogP contribution is -2.26. The van der Waals surface area contributed by atoms with Gasteiger partial charge < -0.3 is 20.5 Å². The molecule has 0 radical (unpaired) electrons. The van der Waals surface area contributed by atoms with E-state index in [2.05, 4.69) is 17.6 Å². The average Bonchev–Trinajstić information content (AvgIpc) is 3.03. The van der Waals surface area contributed by atoms with Crippen molar-refractivity contribution >= 4 is 34.1 Å². The van der Waals surface area contributed by atoms with Crippen molar-refractivity contribution in [3.05, 3.63) is 51.9 Å². The Labute approximate surface area is 173 Å². The van der Waals surface area contributed by atoms with Crippen LogP contribution in [0, 0.1) is 5.92 Å². The van der Waals surface area contributed by atoms with Crippen molar-refractivity contribution in [2.45, 2.75) is 32.7 Å². The highest BCUT2D eigenvalue weighted by molar-refractivity contribution is 7.17. The number of anilines is 1. The fourth-order valence-electron chi connectivity index (χ4n) is 3.34. The summed E-state index contributed by atoms with van der Waals surface area (Å²) in [6.07, 6.45) is 2.68. The van der Waals surface area contributed by atoms with Crippen molar-refractivity contribution in [3.63, 3.8) is 0 Å². The van der Waals surface area contributed by atoms with Gasteiger partial charge in [0.2, 0.25) is 0 Å². The number of rotatable bonds is 8. The molecule has 1 heterocycles. The number of amides is 2. The first kappa shape index (κ1) is 21.0. The summed E-state index contributed by atoms with van der Waals surface area (Å²) in [5.74, 6) is -1.30. The number of fused-ring (bicyclic) bond motifs is 1. The van der Waals surface area contributed by atoms with Crippen LogP contribution in [0.1, 0.15) is 39.7 Å². The molecular weight excluding hydrogens is 392 g/mol. The van der Waals surface area contributed by atoms with Crippen molar-refractivity contribution in [3.8, 4) is 0 Å². The molecule has 0 aliphatic heterocycles. The fraction of sp³-hybridized carbons (Fsp3) is 0.381. The van der Waals surface area contributed by atoms with Gasteiger partial charge in [0, 0.05) is 11.4 Å². The second-order valence-corrected chi connectivity index (χ2v) is 8.26. The van der Waals surface area contributed by atoms with Gasteiger partial charge in [0.05, 0.1) is 5.56 Å². The highest BCUT2D eigenvalue weighted by atomic mass is 32.1. The molecule has 0 saturated heterocycles. The SMILES string of the molecule is C[C@@H]1CCc2c(sc(NC(=O)COCC(=O)O)c2C(=O)NCc2ccccc2)C1. The second-order valence-electron chi connectivity index (χ2n) is 7.16. The maximum absolute atomic E-state index is 13.0. The summed E-state index contributed by atoms with van der Waals surface area (Å²) in [7, 11) is 0. The number of carboxylic acids is 1. The van der Waals surface area contributed by atoms with Crippen molar-refractivity contribution in [2.75, 3.05) is 18.5 Å². The van der Waals surface area contributed by atoms with Crippen LogP contribution in [0.5, 0.6) is 0 Å². The summed E-state index contributed by atoms with van der Waals surface area (Å²) in [5, 5.41) is 14.8. The number of benzene rings is 1. The first-order chi connectivity index (χ1) is 13.9. The molecule has 0 unspecified atom stereocenters. The van der Waals surface area contributed by atoms with Gasteiger partial charge in [-0.2, -0.15) is 0 Å². The summed E-state index contributed by atoms with van der Waals surface area (Å²) >= 11 is 1.42. The van der Waals surface area contributed by atoms with E-state index in [4.69, 9.17) is 9.84 Å². The molecule has 2 aromatic rings. The monoisotopic (exact) mass is 416 g/mol. The van der Waals surface area contributed by atoms with E-state index in [0.717, 1.165) is 35.3 Å². The number of carbonyl (C=O) groups is 3. The third kappa shape index (κ3) is 5.65. The smallest absolute Gasteiger partial charge is 0.329 e. The molecule has 3 N–H and O–H groups in total. The standard InChI is InChI=1S/C21H24N2O5S/c1-13-7-8-15-16(9-13)29-21(23-17(24)11-28-12-18(25)26)19(15)20(27)22-10-14-5-3-2-4-6-14/h2-6,13H,7-12H2,1H3,(H,22,27)(H,23,24)(H,25,26)/t13-/m1/s1. The lowest BCUT2D eigenvalue weighted by atomic mass is 9.88. The Morgan fingerprint density at radius 1 is 1.21 bits per heavy atom. The molecule has 0 bridgehead atoms. The molecule has 1 aromatic heterocycles. The highest BCUT2D eigenvalue weighted by Gasteiger charge is 2.28. The van der Waals surface area contributed by atoms with Crippen LogP contribution in [0.2, 0.25) is 0 Å². The van der Waals surface area contributed by atoms with Crippen LogP contribution < -0.4 is 10.6 Å². The summed E-state index contributed by atoms with van der Waals surface area (Å²) in [6.45, 7) is 1.65. The molecule has 29 heavy (non-hydrogen) atoms. The van der Waals surface area contributed by atoms with Crippen LogP contribution in [0.3, 0.4) is 0 Å². The summed E-state index contributed by atoms with van der Waals surface area (Å²) in [5.41, 5.74) is 2.51. The van der Waals surface area contributed by atoms with Gasteiger partial charge >= 0.3 is 5.97 Å². The van der Waals surface area contributed by atoms with E-state index in [1.54, 1.807) is 0 Å². The molecule has 1 atom stereocenters. The molecule has 0 saturated carbocycles. The Kier molecular flexibility index (Phi) is 7.00. The van der Waals surface area contributed by atoms with Gasteiger partial charge in [0.1, 0.15) is 18.2 Å². The Bertz CT molecular complexity index is 894. The van der Waals surface area contributed by atoms with Crippen LogP contribution in [0.4, 0.5) is 5.00 Å². The van der Waals surface area contributed by atoms with E-state index in [9.17, 15) is 14.4 Å². The molecule has 3 rings (SSSR count). The lowest BCUT2D eigenvalue weighted by molar-refractivity contribution is -0.143. The molecular formula is C21H24N2O5S.